The Hall–Kier alpha value is -2.79. The summed E-state index contributed by atoms with van der Waals surface area (Å²) in [4.78, 5) is 18.0. The van der Waals surface area contributed by atoms with Gasteiger partial charge >= 0.3 is 0 Å². The zero-order chi connectivity index (χ0) is 17.9. The van der Waals surface area contributed by atoms with Crippen molar-refractivity contribution < 1.29 is 9.90 Å². The maximum atomic E-state index is 13.0. The molecule has 1 saturated heterocycles. The Morgan fingerprint density at radius 3 is 2.27 bits per heavy atom. The molecule has 0 saturated carbocycles. The van der Waals surface area contributed by atoms with E-state index in [0.29, 0.717) is 13.1 Å². The third-order valence-corrected chi connectivity index (χ3v) is 5.63. The Balaban J connectivity index is 1.46. The second kappa shape index (κ2) is 7.22. The summed E-state index contributed by atoms with van der Waals surface area (Å²) in [7, 11) is 0. The first-order valence-corrected chi connectivity index (χ1v) is 9.56. The lowest BCUT2D eigenvalue weighted by Crippen LogP contribution is -2.48. The number of thiophene rings is 1. The molecule has 0 unspecified atom stereocenters. The highest BCUT2D eigenvalue weighted by Gasteiger charge is 2.25. The van der Waals surface area contributed by atoms with Crippen molar-refractivity contribution in [1.29, 1.82) is 0 Å². The van der Waals surface area contributed by atoms with Gasteiger partial charge in [-0.15, -0.1) is 11.3 Å². The van der Waals surface area contributed by atoms with Gasteiger partial charge in [-0.25, -0.2) is 0 Å². The summed E-state index contributed by atoms with van der Waals surface area (Å²) in [5.74, 6) is 0.387. The van der Waals surface area contributed by atoms with Crippen LogP contribution in [0.5, 0.6) is 5.75 Å². The van der Waals surface area contributed by atoms with Crippen LogP contribution in [0.3, 0.4) is 0 Å². The number of benzene rings is 2. The van der Waals surface area contributed by atoms with E-state index in [1.54, 1.807) is 12.1 Å². The summed E-state index contributed by atoms with van der Waals surface area (Å²) in [6, 6.07) is 19.3. The van der Waals surface area contributed by atoms with Crippen molar-refractivity contribution in [2.24, 2.45) is 0 Å². The summed E-state index contributed by atoms with van der Waals surface area (Å²) >= 11 is 1.51. The number of amides is 1. The van der Waals surface area contributed by atoms with E-state index in [1.807, 2.05) is 58.8 Å². The summed E-state index contributed by atoms with van der Waals surface area (Å²) in [5, 5.41) is 11.4. The highest BCUT2D eigenvalue weighted by atomic mass is 32.1. The monoisotopic (exact) mass is 364 g/mol. The molecule has 0 radical (unpaired) electrons. The smallest absolute Gasteiger partial charge is 0.264 e. The molecule has 4 nitrogen and oxygen atoms in total. The van der Waals surface area contributed by atoms with Crippen LogP contribution in [-0.4, -0.2) is 42.1 Å². The maximum absolute atomic E-state index is 13.0. The highest BCUT2D eigenvalue weighted by molar-refractivity contribution is 7.12. The third-order valence-electron chi connectivity index (χ3n) is 4.73. The molecule has 2 heterocycles. The van der Waals surface area contributed by atoms with Crippen LogP contribution in [0.4, 0.5) is 5.69 Å². The Bertz CT molecular complexity index is 882. The lowest BCUT2D eigenvalue weighted by Gasteiger charge is -2.36. The lowest BCUT2D eigenvalue weighted by molar-refractivity contribution is 0.0752. The van der Waals surface area contributed by atoms with E-state index in [4.69, 9.17) is 0 Å². The molecule has 2 aromatic carbocycles. The first-order chi connectivity index (χ1) is 12.7. The zero-order valence-electron chi connectivity index (χ0n) is 14.3. The zero-order valence-corrected chi connectivity index (χ0v) is 15.2. The molecule has 26 heavy (non-hydrogen) atoms. The molecule has 0 spiro atoms. The van der Waals surface area contributed by atoms with Gasteiger partial charge in [0, 0.05) is 37.4 Å². The Labute approximate surface area is 156 Å². The fraction of sp³-hybridized carbons (Fsp3) is 0.190. The van der Waals surface area contributed by atoms with Gasteiger partial charge in [-0.2, -0.15) is 0 Å². The van der Waals surface area contributed by atoms with Crippen LogP contribution >= 0.6 is 11.3 Å². The minimum Gasteiger partial charge on any atom is -0.508 e. The largest absolute Gasteiger partial charge is 0.508 e. The van der Waals surface area contributed by atoms with Gasteiger partial charge in [0.15, 0.2) is 0 Å². The van der Waals surface area contributed by atoms with Crippen LogP contribution in [0.1, 0.15) is 9.67 Å². The number of hydrogen-bond acceptors (Lipinski definition) is 4. The first kappa shape index (κ1) is 16.7. The van der Waals surface area contributed by atoms with E-state index < -0.39 is 0 Å². The minimum atomic E-state index is 0.115. The SMILES string of the molecule is O=C(c1sccc1-c1ccccc1)N1CCN(c2ccc(O)cc2)CC1. The van der Waals surface area contributed by atoms with Crippen molar-refractivity contribution in [3.63, 3.8) is 0 Å². The lowest BCUT2D eigenvalue weighted by atomic mass is 10.1. The van der Waals surface area contributed by atoms with Gasteiger partial charge in [0.1, 0.15) is 5.75 Å². The number of rotatable bonds is 3. The van der Waals surface area contributed by atoms with Crippen LogP contribution in [0.2, 0.25) is 0 Å². The molecular weight excluding hydrogens is 344 g/mol. The van der Waals surface area contributed by atoms with Crippen LogP contribution in [0.15, 0.2) is 66.0 Å². The molecule has 1 aromatic heterocycles. The molecule has 1 fully saturated rings. The maximum Gasteiger partial charge on any atom is 0.264 e. The molecule has 1 aliphatic rings. The van der Waals surface area contributed by atoms with Gasteiger partial charge < -0.3 is 14.9 Å². The van der Waals surface area contributed by atoms with Crippen LogP contribution in [-0.2, 0) is 0 Å². The number of aromatic hydroxyl groups is 1. The van der Waals surface area contributed by atoms with Gasteiger partial charge in [-0.1, -0.05) is 30.3 Å². The molecule has 1 amide bonds. The van der Waals surface area contributed by atoms with Gasteiger partial charge in [-0.3, -0.25) is 4.79 Å². The number of nitrogens with zero attached hydrogens (tertiary/aromatic N) is 2. The molecule has 0 atom stereocenters. The summed E-state index contributed by atoms with van der Waals surface area (Å²) < 4.78 is 0. The Morgan fingerprint density at radius 2 is 1.58 bits per heavy atom. The quantitative estimate of drug-likeness (QED) is 0.761. The molecule has 5 heteroatoms. The van der Waals surface area contributed by atoms with E-state index >= 15 is 0 Å². The minimum absolute atomic E-state index is 0.115. The molecule has 132 valence electrons. The Morgan fingerprint density at radius 1 is 0.885 bits per heavy atom. The fourth-order valence-electron chi connectivity index (χ4n) is 3.29. The molecule has 0 bridgehead atoms. The van der Waals surface area contributed by atoms with Crippen molar-refractivity contribution >= 4 is 22.9 Å². The molecule has 4 rings (SSSR count). The average molecular weight is 364 g/mol. The van der Waals surface area contributed by atoms with Gasteiger partial charge in [0.2, 0.25) is 0 Å². The molecule has 3 aromatic rings. The standard InChI is InChI=1S/C21H20N2O2S/c24-18-8-6-17(7-9-18)22-11-13-23(14-12-22)21(25)20-19(10-15-26-20)16-4-2-1-3-5-16/h1-10,15,24H,11-14H2. The highest BCUT2D eigenvalue weighted by Crippen LogP contribution is 2.30. The van der Waals surface area contributed by atoms with Crippen molar-refractivity contribution in [1.82, 2.24) is 4.90 Å². The predicted molar refractivity (Wildman–Crippen MR) is 106 cm³/mol. The van der Waals surface area contributed by atoms with Crippen LogP contribution in [0.25, 0.3) is 11.1 Å². The van der Waals surface area contributed by atoms with E-state index in [-0.39, 0.29) is 11.7 Å². The van der Waals surface area contributed by atoms with Gasteiger partial charge in [-0.05, 0) is 41.3 Å². The number of phenolic OH excluding ortho intramolecular Hbond substituents is 1. The number of hydrogen-bond donors (Lipinski definition) is 1. The van der Waals surface area contributed by atoms with Crippen molar-refractivity contribution in [3.05, 3.63) is 70.9 Å². The average Bonchev–Trinajstić information content (AvgIpc) is 3.19. The van der Waals surface area contributed by atoms with Crippen molar-refractivity contribution in [2.75, 3.05) is 31.1 Å². The normalized spacial score (nSPS) is 14.5. The van der Waals surface area contributed by atoms with Crippen LogP contribution in [0, 0.1) is 0 Å². The van der Waals surface area contributed by atoms with Crippen LogP contribution < -0.4 is 4.90 Å². The second-order valence-electron chi connectivity index (χ2n) is 6.33. The number of piperazine rings is 1. The number of carbonyl (C=O) groups is 1. The molecule has 1 aliphatic heterocycles. The first-order valence-electron chi connectivity index (χ1n) is 8.68. The predicted octanol–water partition coefficient (Wildman–Crippen LogP) is 4.08. The summed E-state index contributed by atoms with van der Waals surface area (Å²) in [6.45, 7) is 2.99. The Kier molecular flexibility index (Phi) is 4.63. The van der Waals surface area contributed by atoms with Gasteiger partial charge in [0.25, 0.3) is 5.91 Å². The number of phenols is 1. The van der Waals surface area contributed by atoms with Gasteiger partial charge in [0.05, 0.1) is 4.88 Å². The van der Waals surface area contributed by atoms with E-state index in [2.05, 4.69) is 4.90 Å². The van der Waals surface area contributed by atoms with E-state index in [9.17, 15) is 9.90 Å². The molecule has 1 N–H and O–H groups in total. The summed E-state index contributed by atoms with van der Waals surface area (Å²) in [6.07, 6.45) is 0. The fourth-order valence-corrected chi connectivity index (χ4v) is 4.18. The summed E-state index contributed by atoms with van der Waals surface area (Å²) in [5.41, 5.74) is 3.18. The van der Waals surface area contributed by atoms with Crippen molar-refractivity contribution in [2.45, 2.75) is 0 Å². The third kappa shape index (κ3) is 3.30. The number of anilines is 1. The van der Waals surface area contributed by atoms with E-state index in [1.165, 1.54) is 11.3 Å². The van der Waals surface area contributed by atoms with E-state index in [0.717, 1.165) is 34.8 Å². The molecule has 0 aliphatic carbocycles. The van der Waals surface area contributed by atoms with Crippen molar-refractivity contribution in [3.8, 4) is 16.9 Å². The number of carbonyl (C=O) groups excluding carboxylic acids is 1. The topological polar surface area (TPSA) is 43.8 Å². The second-order valence-corrected chi connectivity index (χ2v) is 7.24. The molecular formula is C21H20N2O2S.